The number of ether oxygens (including phenoxy) is 1. The van der Waals surface area contributed by atoms with E-state index in [1.54, 1.807) is 6.92 Å². The summed E-state index contributed by atoms with van der Waals surface area (Å²) in [5.74, 6) is 0.140. The van der Waals surface area contributed by atoms with Crippen molar-refractivity contribution in [1.82, 2.24) is 4.90 Å². The van der Waals surface area contributed by atoms with Crippen LogP contribution in [0.4, 0.5) is 0 Å². The van der Waals surface area contributed by atoms with Crippen LogP contribution < -0.4 is 4.74 Å². The summed E-state index contributed by atoms with van der Waals surface area (Å²) >= 11 is 6.05. The van der Waals surface area contributed by atoms with Crippen molar-refractivity contribution in [3.8, 4) is 5.75 Å². The molecule has 5 heteroatoms. The SMILES string of the molecule is CC(C(=O)O)N1CCC2(CCc3ccc(Cl)cc3O2)CC1. The Morgan fingerprint density at radius 2 is 2.10 bits per heavy atom. The van der Waals surface area contributed by atoms with E-state index in [1.807, 2.05) is 23.1 Å². The molecular weight excluding hydrogens is 290 g/mol. The molecule has 4 nitrogen and oxygen atoms in total. The molecule has 1 fully saturated rings. The number of aliphatic carboxylic acids is 1. The van der Waals surface area contributed by atoms with Crippen LogP contribution in [0, 0.1) is 0 Å². The largest absolute Gasteiger partial charge is 0.487 e. The van der Waals surface area contributed by atoms with E-state index >= 15 is 0 Å². The molecule has 0 saturated carbocycles. The van der Waals surface area contributed by atoms with Crippen LogP contribution in [0.15, 0.2) is 18.2 Å². The highest BCUT2D eigenvalue weighted by atomic mass is 35.5. The van der Waals surface area contributed by atoms with Crippen molar-refractivity contribution in [2.24, 2.45) is 0 Å². The third kappa shape index (κ3) is 2.87. The smallest absolute Gasteiger partial charge is 0.320 e. The van der Waals surface area contributed by atoms with Crippen molar-refractivity contribution in [3.05, 3.63) is 28.8 Å². The number of halogens is 1. The molecule has 0 bridgehead atoms. The molecule has 0 aliphatic carbocycles. The molecule has 0 amide bonds. The van der Waals surface area contributed by atoms with E-state index in [4.69, 9.17) is 21.4 Å². The summed E-state index contributed by atoms with van der Waals surface area (Å²) in [5, 5.41) is 9.81. The van der Waals surface area contributed by atoms with E-state index < -0.39 is 12.0 Å². The van der Waals surface area contributed by atoms with Crippen molar-refractivity contribution in [1.29, 1.82) is 0 Å². The van der Waals surface area contributed by atoms with Gasteiger partial charge in [-0.25, -0.2) is 0 Å². The summed E-state index contributed by atoms with van der Waals surface area (Å²) in [6.07, 6.45) is 3.74. The molecule has 0 radical (unpaired) electrons. The molecule has 3 rings (SSSR count). The maximum Gasteiger partial charge on any atom is 0.320 e. The zero-order valence-corrected chi connectivity index (χ0v) is 12.9. The predicted octanol–water partition coefficient (Wildman–Crippen LogP) is 2.97. The van der Waals surface area contributed by atoms with Gasteiger partial charge in [-0.1, -0.05) is 17.7 Å². The number of carboxylic acids is 1. The van der Waals surface area contributed by atoms with Crippen molar-refractivity contribution in [2.75, 3.05) is 13.1 Å². The summed E-state index contributed by atoms with van der Waals surface area (Å²) in [5.41, 5.74) is 1.07. The number of nitrogens with zero attached hydrogens (tertiary/aromatic N) is 1. The van der Waals surface area contributed by atoms with Crippen LogP contribution in [-0.4, -0.2) is 40.7 Å². The number of hydrogen-bond acceptors (Lipinski definition) is 3. The first-order chi connectivity index (χ1) is 9.99. The number of likely N-dealkylation sites (tertiary alicyclic amines) is 1. The van der Waals surface area contributed by atoms with Crippen LogP contribution in [0.3, 0.4) is 0 Å². The molecule has 2 heterocycles. The van der Waals surface area contributed by atoms with Crippen LogP contribution in [-0.2, 0) is 11.2 Å². The summed E-state index contributed by atoms with van der Waals surface area (Å²) in [6.45, 7) is 3.28. The molecule has 1 saturated heterocycles. The molecule has 2 aliphatic rings. The average Bonchev–Trinajstić information content (AvgIpc) is 2.47. The van der Waals surface area contributed by atoms with Gasteiger partial charge in [-0.3, -0.25) is 9.69 Å². The topological polar surface area (TPSA) is 49.8 Å². The van der Waals surface area contributed by atoms with Gasteiger partial charge >= 0.3 is 5.97 Å². The normalized spacial score (nSPS) is 22.4. The zero-order valence-electron chi connectivity index (χ0n) is 12.1. The molecule has 2 aliphatic heterocycles. The van der Waals surface area contributed by atoms with Crippen molar-refractivity contribution >= 4 is 17.6 Å². The number of hydrogen-bond donors (Lipinski definition) is 1. The molecule has 1 atom stereocenters. The van der Waals surface area contributed by atoms with Gasteiger partial charge in [-0.15, -0.1) is 0 Å². The molecule has 1 aromatic rings. The van der Waals surface area contributed by atoms with Gasteiger partial charge in [0.05, 0.1) is 0 Å². The Morgan fingerprint density at radius 1 is 1.38 bits per heavy atom. The van der Waals surface area contributed by atoms with E-state index in [0.717, 1.165) is 44.5 Å². The van der Waals surface area contributed by atoms with Gasteiger partial charge in [-0.05, 0) is 50.3 Å². The molecule has 1 unspecified atom stereocenters. The maximum absolute atomic E-state index is 11.1. The van der Waals surface area contributed by atoms with Gasteiger partial charge in [0.25, 0.3) is 0 Å². The third-order valence-corrected chi connectivity index (χ3v) is 5.06. The monoisotopic (exact) mass is 309 g/mol. The number of benzene rings is 1. The molecule has 1 aromatic carbocycles. The first kappa shape index (κ1) is 14.7. The lowest BCUT2D eigenvalue weighted by Gasteiger charge is -2.45. The predicted molar refractivity (Wildman–Crippen MR) is 81.0 cm³/mol. The molecule has 114 valence electrons. The first-order valence-electron chi connectivity index (χ1n) is 7.43. The summed E-state index contributed by atoms with van der Waals surface area (Å²) in [6, 6.07) is 5.41. The summed E-state index contributed by atoms with van der Waals surface area (Å²) in [7, 11) is 0. The Kier molecular flexibility index (Phi) is 3.84. The Bertz CT molecular complexity index is 552. The quantitative estimate of drug-likeness (QED) is 0.912. The number of rotatable bonds is 2. The second-order valence-electron chi connectivity index (χ2n) is 6.09. The minimum Gasteiger partial charge on any atom is -0.487 e. The van der Waals surface area contributed by atoms with Gasteiger partial charge in [-0.2, -0.15) is 0 Å². The van der Waals surface area contributed by atoms with Crippen molar-refractivity contribution in [2.45, 2.75) is 44.2 Å². The van der Waals surface area contributed by atoms with Gasteiger partial charge in [0.15, 0.2) is 0 Å². The van der Waals surface area contributed by atoms with E-state index in [2.05, 4.69) is 0 Å². The summed E-state index contributed by atoms with van der Waals surface area (Å²) in [4.78, 5) is 13.1. The number of carbonyl (C=O) groups is 1. The number of carboxylic acid groups (broad SMARTS) is 1. The molecular formula is C16H20ClNO3. The third-order valence-electron chi connectivity index (χ3n) is 4.82. The standard InChI is InChI=1S/C16H20ClNO3/c1-11(15(19)20)18-8-6-16(7-9-18)5-4-12-2-3-13(17)10-14(12)21-16/h2-3,10-11H,4-9H2,1H3,(H,19,20). The van der Waals surface area contributed by atoms with Crippen LogP contribution in [0.5, 0.6) is 5.75 Å². The van der Waals surface area contributed by atoms with E-state index in [1.165, 1.54) is 5.56 Å². The van der Waals surface area contributed by atoms with Crippen LogP contribution in [0.25, 0.3) is 0 Å². The Balaban J connectivity index is 1.70. The second-order valence-corrected chi connectivity index (χ2v) is 6.52. The fraction of sp³-hybridized carbons (Fsp3) is 0.562. The number of fused-ring (bicyclic) bond motifs is 1. The number of piperidine rings is 1. The summed E-state index contributed by atoms with van der Waals surface area (Å²) < 4.78 is 6.27. The Labute approximate surface area is 129 Å². The fourth-order valence-electron chi connectivity index (χ4n) is 3.30. The van der Waals surface area contributed by atoms with E-state index in [0.29, 0.717) is 5.02 Å². The molecule has 1 spiro atoms. The highest BCUT2D eigenvalue weighted by Crippen LogP contribution is 2.40. The highest BCUT2D eigenvalue weighted by Gasteiger charge is 2.40. The number of aryl methyl sites for hydroxylation is 1. The van der Waals surface area contributed by atoms with Gasteiger partial charge < -0.3 is 9.84 Å². The second kappa shape index (κ2) is 5.50. The van der Waals surface area contributed by atoms with Crippen LogP contribution in [0.1, 0.15) is 31.7 Å². The first-order valence-corrected chi connectivity index (χ1v) is 7.81. The lowest BCUT2D eigenvalue weighted by atomic mass is 9.83. The van der Waals surface area contributed by atoms with Gasteiger partial charge in [0, 0.05) is 18.1 Å². The lowest BCUT2D eigenvalue weighted by Crippen LogP contribution is -2.53. The molecule has 21 heavy (non-hydrogen) atoms. The Hall–Kier alpha value is -1.26. The molecule has 1 N–H and O–H groups in total. The fourth-order valence-corrected chi connectivity index (χ4v) is 3.47. The van der Waals surface area contributed by atoms with Gasteiger partial charge in [0.2, 0.25) is 0 Å². The molecule has 0 aromatic heterocycles. The Morgan fingerprint density at radius 3 is 2.76 bits per heavy atom. The van der Waals surface area contributed by atoms with E-state index in [-0.39, 0.29) is 5.60 Å². The minimum absolute atomic E-state index is 0.146. The average molecular weight is 310 g/mol. The lowest BCUT2D eigenvalue weighted by molar-refractivity contribution is -0.144. The highest BCUT2D eigenvalue weighted by molar-refractivity contribution is 6.30. The van der Waals surface area contributed by atoms with E-state index in [9.17, 15) is 4.79 Å². The minimum atomic E-state index is -0.757. The van der Waals surface area contributed by atoms with Crippen molar-refractivity contribution in [3.63, 3.8) is 0 Å². The maximum atomic E-state index is 11.1. The van der Waals surface area contributed by atoms with Crippen LogP contribution >= 0.6 is 11.6 Å². The van der Waals surface area contributed by atoms with Crippen LogP contribution in [0.2, 0.25) is 5.02 Å². The van der Waals surface area contributed by atoms with Gasteiger partial charge in [0.1, 0.15) is 17.4 Å². The van der Waals surface area contributed by atoms with Crippen molar-refractivity contribution < 1.29 is 14.6 Å². The zero-order chi connectivity index (χ0) is 15.0.